The van der Waals surface area contributed by atoms with E-state index in [2.05, 4.69) is 5.32 Å². The molecule has 1 aliphatic carbocycles. The zero-order valence-electron chi connectivity index (χ0n) is 13.2. The van der Waals surface area contributed by atoms with E-state index in [9.17, 15) is 9.59 Å². The van der Waals surface area contributed by atoms with Crippen LogP contribution in [-0.2, 0) is 13.6 Å². The molecule has 0 spiro atoms. The van der Waals surface area contributed by atoms with Crippen molar-refractivity contribution in [2.24, 2.45) is 18.9 Å². The van der Waals surface area contributed by atoms with Crippen LogP contribution in [0.3, 0.4) is 0 Å². The summed E-state index contributed by atoms with van der Waals surface area (Å²) in [4.78, 5) is 24.3. The van der Waals surface area contributed by atoms with Crippen LogP contribution in [0.1, 0.15) is 39.5 Å². The number of nitrogens with zero attached hydrogens (tertiary/aromatic N) is 2. The van der Waals surface area contributed by atoms with Crippen molar-refractivity contribution in [1.82, 2.24) is 9.13 Å². The van der Waals surface area contributed by atoms with Gasteiger partial charge in [-0.05, 0) is 24.7 Å². The molecule has 1 aromatic rings. The van der Waals surface area contributed by atoms with E-state index in [1.807, 2.05) is 13.8 Å². The van der Waals surface area contributed by atoms with Crippen LogP contribution in [0, 0.1) is 11.8 Å². The number of rotatable bonds is 7. The Labute approximate surface area is 125 Å². The van der Waals surface area contributed by atoms with Crippen LogP contribution >= 0.6 is 0 Å². The largest absolute Gasteiger partial charge is 0.383 e. The molecule has 0 radical (unpaired) electrons. The van der Waals surface area contributed by atoms with Crippen LogP contribution in [-0.4, -0.2) is 15.7 Å². The lowest BCUT2D eigenvalue weighted by Crippen LogP contribution is -2.41. The molecule has 0 amide bonds. The fraction of sp³-hybridized carbons (Fsp3) is 0.733. The van der Waals surface area contributed by atoms with E-state index in [1.54, 1.807) is 0 Å². The van der Waals surface area contributed by atoms with Crippen molar-refractivity contribution in [2.45, 2.75) is 46.1 Å². The molecular weight excluding hydrogens is 268 g/mol. The minimum absolute atomic E-state index is 0.253. The van der Waals surface area contributed by atoms with Gasteiger partial charge in [0.2, 0.25) is 0 Å². The van der Waals surface area contributed by atoms with Gasteiger partial charge in [-0.1, -0.05) is 26.7 Å². The van der Waals surface area contributed by atoms with Gasteiger partial charge in [0.1, 0.15) is 11.5 Å². The van der Waals surface area contributed by atoms with E-state index in [0.29, 0.717) is 12.2 Å². The summed E-state index contributed by atoms with van der Waals surface area (Å²) in [6.07, 6.45) is 4.89. The number of nitrogens with one attached hydrogen (secondary N) is 1. The zero-order valence-corrected chi connectivity index (χ0v) is 13.2. The number of nitrogen functional groups attached to an aromatic ring is 1. The van der Waals surface area contributed by atoms with Crippen molar-refractivity contribution in [3.8, 4) is 0 Å². The van der Waals surface area contributed by atoms with Crippen molar-refractivity contribution in [3.63, 3.8) is 0 Å². The van der Waals surface area contributed by atoms with Gasteiger partial charge in [-0.2, -0.15) is 0 Å². The second kappa shape index (κ2) is 6.37. The molecule has 3 N–H and O–H groups in total. The third-order valence-corrected chi connectivity index (χ3v) is 3.92. The number of hydrogen-bond acceptors (Lipinski definition) is 4. The van der Waals surface area contributed by atoms with Crippen LogP contribution < -0.4 is 22.3 Å². The molecule has 0 atom stereocenters. The lowest BCUT2D eigenvalue weighted by atomic mass is 10.2. The van der Waals surface area contributed by atoms with E-state index in [1.165, 1.54) is 30.9 Å². The molecule has 0 bridgehead atoms. The summed E-state index contributed by atoms with van der Waals surface area (Å²) < 4.78 is 2.61. The van der Waals surface area contributed by atoms with Crippen LogP contribution in [0.5, 0.6) is 0 Å². The molecule has 1 aliphatic rings. The van der Waals surface area contributed by atoms with Crippen molar-refractivity contribution in [3.05, 3.63) is 20.8 Å². The molecular formula is C15H26N4O2. The van der Waals surface area contributed by atoms with Crippen molar-refractivity contribution >= 4 is 11.5 Å². The molecule has 2 rings (SSSR count). The number of hydrogen-bond donors (Lipinski definition) is 2. The summed E-state index contributed by atoms with van der Waals surface area (Å²) in [5, 5.41) is 3.13. The smallest absolute Gasteiger partial charge is 0.332 e. The summed E-state index contributed by atoms with van der Waals surface area (Å²) in [6, 6.07) is 0. The van der Waals surface area contributed by atoms with Gasteiger partial charge in [0.05, 0.1) is 0 Å². The maximum Gasteiger partial charge on any atom is 0.332 e. The van der Waals surface area contributed by atoms with Crippen molar-refractivity contribution < 1.29 is 0 Å². The maximum absolute atomic E-state index is 12.2. The molecule has 118 valence electrons. The van der Waals surface area contributed by atoms with Crippen molar-refractivity contribution in [1.29, 1.82) is 0 Å². The van der Waals surface area contributed by atoms with Gasteiger partial charge in [-0.15, -0.1) is 0 Å². The quantitative estimate of drug-likeness (QED) is 0.745. The highest BCUT2D eigenvalue weighted by Gasteiger charge is 2.20. The van der Waals surface area contributed by atoms with Crippen molar-refractivity contribution in [2.75, 3.05) is 17.6 Å². The highest BCUT2D eigenvalue weighted by molar-refractivity contribution is 5.60. The Morgan fingerprint density at radius 3 is 2.57 bits per heavy atom. The lowest BCUT2D eigenvalue weighted by molar-refractivity contribution is 0.494. The molecule has 0 aliphatic heterocycles. The van der Waals surface area contributed by atoms with Crippen LogP contribution in [0.15, 0.2) is 9.59 Å². The Balaban J connectivity index is 2.19. The first kappa shape index (κ1) is 15.7. The molecule has 21 heavy (non-hydrogen) atoms. The summed E-state index contributed by atoms with van der Waals surface area (Å²) in [6.45, 7) is 5.25. The third-order valence-electron chi connectivity index (χ3n) is 3.92. The lowest BCUT2D eigenvalue weighted by Gasteiger charge is -2.17. The molecule has 1 fully saturated rings. The molecule has 0 saturated heterocycles. The number of nitrogens with two attached hydrogens (primary N) is 1. The molecule has 6 heteroatoms. The SMILES string of the molecule is CC(C)Cn1c(N)c(NCCCC2CC2)c(=O)n(C)c1=O. The van der Waals surface area contributed by atoms with Gasteiger partial charge in [0.15, 0.2) is 0 Å². The first-order chi connectivity index (χ1) is 9.91. The fourth-order valence-corrected chi connectivity index (χ4v) is 2.50. The standard InChI is InChI=1S/C15H26N4O2/c1-10(2)9-19-13(16)12(14(20)18(3)15(19)21)17-8-4-5-11-6-7-11/h10-11,17H,4-9,16H2,1-3H3. The zero-order chi connectivity index (χ0) is 15.6. The topological polar surface area (TPSA) is 82.0 Å². The van der Waals surface area contributed by atoms with Gasteiger partial charge in [-0.3, -0.25) is 13.9 Å². The summed E-state index contributed by atoms with van der Waals surface area (Å²) in [5.74, 6) is 1.41. The molecule has 0 aromatic carbocycles. The Bertz CT molecular complexity index is 611. The second-order valence-electron chi connectivity index (χ2n) is 6.42. The Morgan fingerprint density at radius 1 is 1.33 bits per heavy atom. The summed E-state index contributed by atoms with van der Waals surface area (Å²) >= 11 is 0. The van der Waals surface area contributed by atoms with E-state index in [4.69, 9.17) is 5.73 Å². The normalized spacial score (nSPS) is 14.7. The third kappa shape index (κ3) is 3.68. The van der Waals surface area contributed by atoms with Gasteiger partial charge in [0.25, 0.3) is 5.56 Å². The van der Waals surface area contributed by atoms with Gasteiger partial charge in [-0.25, -0.2) is 4.79 Å². The van der Waals surface area contributed by atoms with Crippen LogP contribution in [0.2, 0.25) is 0 Å². The highest BCUT2D eigenvalue weighted by atomic mass is 16.2. The fourth-order valence-electron chi connectivity index (χ4n) is 2.50. The van der Waals surface area contributed by atoms with Crippen LogP contribution in [0.25, 0.3) is 0 Å². The van der Waals surface area contributed by atoms with Gasteiger partial charge >= 0.3 is 5.69 Å². The second-order valence-corrected chi connectivity index (χ2v) is 6.42. The van der Waals surface area contributed by atoms with E-state index in [-0.39, 0.29) is 23.0 Å². The molecule has 1 aromatic heterocycles. The molecule has 0 unspecified atom stereocenters. The number of aromatic nitrogens is 2. The Hall–Kier alpha value is -1.72. The van der Waals surface area contributed by atoms with Gasteiger partial charge in [0, 0.05) is 20.1 Å². The van der Waals surface area contributed by atoms with E-state index < -0.39 is 0 Å². The predicted molar refractivity (Wildman–Crippen MR) is 85.6 cm³/mol. The molecule has 6 nitrogen and oxygen atoms in total. The molecule has 1 saturated carbocycles. The van der Waals surface area contributed by atoms with E-state index in [0.717, 1.165) is 23.5 Å². The Kier molecular flexibility index (Phi) is 4.75. The monoisotopic (exact) mass is 294 g/mol. The minimum atomic E-state index is -0.352. The molecule has 1 heterocycles. The first-order valence-corrected chi connectivity index (χ1v) is 7.75. The summed E-state index contributed by atoms with van der Waals surface area (Å²) in [5.41, 5.74) is 5.70. The minimum Gasteiger partial charge on any atom is -0.383 e. The predicted octanol–water partition coefficient (Wildman–Crippen LogP) is 1.39. The number of anilines is 2. The first-order valence-electron chi connectivity index (χ1n) is 7.75. The average Bonchev–Trinajstić information content (AvgIpc) is 3.24. The Morgan fingerprint density at radius 2 is 2.00 bits per heavy atom. The van der Waals surface area contributed by atoms with E-state index >= 15 is 0 Å². The van der Waals surface area contributed by atoms with Crippen LogP contribution in [0.4, 0.5) is 11.5 Å². The highest BCUT2D eigenvalue weighted by Crippen LogP contribution is 2.33. The van der Waals surface area contributed by atoms with Gasteiger partial charge < -0.3 is 11.1 Å². The summed E-state index contributed by atoms with van der Waals surface area (Å²) in [7, 11) is 1.50. The average molecular weight is 294 g/mol. The maximum atomic E-state index is 12.2.